The van der Waals surface area contributed by atoms with E-state index in [1.54, 1.807) is 12.5 Å². The van der Waals surface area contributed by atoms with Crippen LogP contribution < -0.4 is 5.32 Å². The number of hydrogen-bond acceptors (Lipinski definition) is 4. The molecule has 0 saturated heterocycles. The molecule has 3 aromatic heterocycles. The van der Waals surface area contributed by atoms with Gasteiger partial charge in [-0.2, -0.15) is 0 Å². The zero-order chi connectivity index (χ0) is 15.4. The van der Waals surface area contributed by atoms with Crippen LogP contribution in [-0.2, 0) is 13.0 Å². The van der Waals surface area contributed by atoms with Crippen LogP contribution in [0.1, 0.15) is 37.0 Å². The lowest BCUT2D eigenvalue weighted by Gasteiger charge is -2.12. The first-order valence-electron chi connectivity index (χ1n) is 7.51. The highest BCUT2D eigenvalue weighted by Gasteiger charge is 2.09. The highest BCUT2D eigenvalue weighted by atomic mass is 16.3. The van der Waals surface area contributed by atoms with Gasteiger partial charge in [0.2, 0.25) is 0 Å². The molecule has 0 amide bonds. The van der Waals surface area contributed by atoms with Gasteiger partial charge in [0, 0.05) is 31.6 Å². The number of aryl methyl sites for hydroxylation is 1. The lowest BCUT2D eigenvalue weighted by atomic mass is 10.2. The normalized spacial score (nSPS) is 12.5. The lowest BCUT2D eigenvalue weighted by Crippen LogP contribution is -2.17. The summed E-state index contributed by atoms with van der Waals surface area (Å²) in [6.45, 7) is 4.96. The zero-order valence-corrected chi connectivity index (χ0v) is 12.9. The summed E-state index contributed by atoms with van der Waals surface area (Å²) in [7, 11) is 0. The molecule has 0 aliphatic heterocycles. The summed E-state index contributed by atoms with van der Waals surface area (Å²) in [4.78, 5) is 8.41. The first-order chi connectivity index (χ1) is 10.8. The van der Waals surface area contributed by atoms with Gasteiger partial charge in [0.1, 0.15) is 23.7 Å². The van der Waals surface area contributed by atoms with Crippen molar-refractivity contribution in [1.82, 2.24) is 19.9 Å². The molecule has 0 saturated carbocycles. The van der Waals surface area contributed by atoms with E-state index in [2.05, 4.69) is 35.2 Å². The third-order valence-electron chi connectivity index (χ3n) is 3.65. The van der Waals surface area contributed by atoms with Crippen LogP contribution in [-0.4, -0.2) is 14.5 Å². The summed E-state index contributed by atoms with van der Waals surface area (Å²) in [5, 5.41) is 3.48. The van der Waals surface area contributed by atoms with Crippen molar-refractivity contribution >= 4 is 0 Å². The molecule has 0 radical (unpaired) electrons. The Balaban J connectivity index is 1.65. The summed E-state index contributed by atoms with van der Waals surface area (Å²) in [6.07, 6.45) is 8.12. The van der Waals surface area contributed by atoms with Crippen molar-refractivity contribution in [3.8, 4) is 5.82 Å². The molecule has 5 heteroatoms. The molecule has 3 heterocycles. The Kier molecular flexibility index (Phi) is 4.34. The van der Waals surface area contributed by atoms with Gasteiger partial charge >= 0.3 is 0 Å². The van der Waals surface area contributed by atoms with E-state index in [0.29, 0.717) is 0 Å². The van der Waals surface area contributed by atoms with Gasteiger partial charge in [0.05, 0.1) is 6.04 Å². The van der Waals surface area contributed by atoms with Gasteiger partial charge in [0.25, 0.3) is 0 Å². The molecule has 3 aromatic rings. The van der Waals surface area contributed by atoms with E-state index in [4.69, 9.17) is 4.42 Å². The second-order valence-electron chi connectivity index (χ2n) is 5.25. The highest BCUT2D eigenvalue weighted by Crippen LogP contribution is 2.17. The Bertz CT molecular complexity index is 718. The second-order valence-corrected chi connectivity index (χ2v) is 5.25. The SMILES string of the molecule is CCc1ccc([C@H](C)NCc2ccnc(-n3ccnc3)c2)o1. The molecule has 22 heavy (non-hydrogen) atoms. The first kappa shape index (κ1) is 14.5. The molecule has 0 aromatic carbocycles. The van der Waals surface area contributed by atoms with Crippen molar-refractivity contribution in [3.05, 3.63) is 66.3 Å². The molecule has 1 N–H and O–H groups in total. The summed E-state index contributed by atoms with van der Waals surface area (Å²) < 4.78 is 7.67. The van der Waals surface area contributed by atoms with Crippen molar-refractivity contribution in [2.24, 2.45) is 0 Å². The molecule has 0 bridgehead atoms. The molecule has 0 aliphatic rings. The van der Waals surface area contributed by atoms with Crippen LogP contribution in [0.5, 0.6) is 0 Å². The van der Waals surface area contributed by atoms with Gasteiger partial charge in [-0.05, 0) is 36.8 Å². The van der Waals surface area contributed by atoms with Crippen LogP contribution in [0.2, 0.25) is 0 Å². The van der Waals surface area contributed by atoms with Crippen LogP contribution in [0, 0.1) is 0 Å². The van der Waals surface area contributed by atoms with Gasteiger partial charge in [0.15, 0.2) is 0 Å². The molecule has 3 rings (SSSR count). The molecule has 1 atom stereocenters. The fraction of sp³-hybridized carbons (Fsp3) is 0.294. The fourth-order valence-corrected chi connectivity index (χ4v) is 2.30. The molecule has 0 spiro atoms. The van der Waals surface area contributed by atoms with E-state index >= 15 is 0 Å². The fourth-order valence-electron chi connectivity index (χ4n) is 2.30. The maximum atomic E-state index is 5.78. The van der Waals surface area contributed by atoms with Crippen molar-refractivity contribution in [2.45, 2.75) is 32.9 Å². The number of rotatable bonds is 6. The number of imidazole rings is 1. The van der Waals surface area contributed by atoms with E-state index in [-0.39, 0.29) is 6.04 Å². The smallest absolute Gasteiger partial charge is 0.138 e. The molecular formula is C17H20N4O. The summed E-state index contributed by atoms with van der Waals surface area (Å²) in [5.74, 6) is 2.87. The molecule has 0 aliphatic carbocycles. The Labute approximate surface area is 130 Å². The molecular weight excluding hydrogens is 276 g/mol. The van der Waals surface area contributed by atoms with E-state index in [9.17, 15) is 0 Å². The Morgan fingerprint density at radius 3 is 2.91 bits per heavy atom. The monoisotopic (exact) mass is 296 g/mol. The van der Waals surface area contributed by atoms with Gasteiger partial charge in [-0.15, -0.1) is 0 Å². The van der Waals surface area contributed by atoms with E-state index in [1.165, 1.54) is 5.56 Å². The summed E-state index contributed by atoms with van der Waals surface area (Å²) >= 11 is 0. The van der Waals surface area contributed by atoms with Crippen LogP contribution >= 0.6 is 0 Å². The van der Waals surface area contributed by atoms with Gasteiger partial charge in [-0.3, -0.25) is 4.57 Å². The van der Waals surface area contributed by atoms with Gasteiger partial charge < -0.3 is 9.73 Å². The number of pyridine rings is 1. The minimum Gasteiger partial charge on any atom is -0.464 e. The van der Waals surface area contributed by atoms with Crippen LogP contribution in [0.25, 0.3) is 5.82 Å². The molecule has 5 nitrogen and oxygen atoms in total. The largest absolute Gasteiger partial charge is 0.464 e. The average molecular weight is 296 g/mol. The lowest BCUT2D eigenvalue weighted by molar-refractivity contribution is 0.408. The van der Waals surface area contributed by atoms with Crippen molar-refractivity contribution < 1.29 is 4.42 Å². The van der Waals surface area contributed by atoms with Crippen LogP contribution in [0.4, 0.5) is 0 Å². The zero-order valence-electron chi connectivity index (χ0n) is 12.9. The highest BCUT2D eigenvalue weighted by molar-refractivity contribution is 5.27. The predicted molar refractivity (Wildman–Crippen MR) is 84.7 cm³/mol. The molecule has 0 fully saturated rings. The first-order valence-corrected chi connectivity index (χ1v) is 7.51. The number of aromatic nitrogens is 3. The molecule has 0 unspecified atom stereocenters. The number of hydrogen-bond donors (Lipinski definition) is 1. The minimum absolute atomic E-state index is 0.171. The topological polar surface area (TPSA) is 55.9 Å². The van der Waals surface area contributed by atoms with Crippen LogP contribution in [0.3, 0.4) is 0 Å². The standard InChI is InChI=1S/C17H20N4O/c1-3-15-4-5-16(22-15)13(2)20-11-14-6-7-19-17(10-14)21-9-8-18-12-21/h4-10,12-13,20H,3,11H2,1-2H3/t13-/m0/s1. The summed E-state index contributed by atoms with van der Waals surface area (Å²) in [5.41, 5.74) is 1.17. The average Bonchev–Trinajstić information content (AvgIpc) is 3.24. The maximum Gasteiger partial charge on any atom is 0.138 e. The Morgan fingerprint density at radius 1 is 1.27 bits per heavy atom. The van der Waals surface area contributed by atoms with Crippen molar-refractivity contribution in [3.63, 3.8) is 0 Å². The van der Waals surface area contributed by atoms with Gasteiger partial charge in [-0.1, -0.05) is 6.92 Å². The summed E-state index contributed by atoms with van der Waals surface area (Å²) in [6, 6.07) is 8.32. The van der Waals surface area contributed by atoms with E-state index in [0.717, 1.165) is 30.3 Å². The van der Waals surface area contributed by atoms with E-state index in [1.807, 2.05) is 35.2 Å². The van der Waals surface area contributed by atoms with Crippen molar-refractivity contribution in [2.75, 3.05) is 0 Å². The Morgan fingerprint density at radius 2 is 2.18 bits per heavy atom. The Hall–Kier alpha value is -2.40. The molecule has 114 valence electrons. The van der Waals surface area contributed by atoms with Gasteiger partial charge in [-0.25, -0.2) is 9.97 Å². The van der Waals surface area contributed by atoms with E-state index < -0.39 is 0 Å². The van der Waals surface area contributed by atoms with Crippen molar-refractivity contribution in [1.29, 1.82) is 0 Å². The number of nitrogens with zero attached hydrogens (tertiary/aromatic N) is 3. The second kappa shape index (κ2) is 6.58. The van der Waals surface area contributed by atoms with Crippen LogP contribution in [0.15, 0.2) is 53.6 Å². The predicted octanol–water partition coefficient (Wildman–Crippen LogP) is 3.27. The maximum absolute atomic E-state index is 5.78. The third kappa shape index (κ3) is 3.26. The quantitative estimate of drug-likeness (QED) is 0.758. The number of furan rings is 1. The third-order valence-corrected chi connectivity index (χ3v) is 3.65. The number of nitrogens with one attached hydrogen (secondary N) is 1. The minimum atomic E-state index is 0.171.